The van der Waals surface area contributed by atoms with Crippen LogP contribution in [0.25, 0.3) is 10.9 Å². The third kappa shape index (κ3) is 4.92. The number of benzene rings is 3. The van der Waals surface area contributed by atoms with E-state index >= 15 is 0 Å². The molecule has 0 radical (unpaired) electrons. The van der Waals surface area contributed by atoms with Gasteiger partial charge >= 0.3 is 0 Å². The molecule has 0 aliphatic rings. The van der Waals surface area contributed by atoms with Crippen molar-refractivity contribution in [3.05, 3.63) is 94.6 Å². The summed E-state index contributed by atoms with van der Waals surface area (Å²) in [6.45, 7) is 2.31. The fourth-order valence-electron chi connectivity index (χ4n) is 3.41. The zero-order chi connectivity index (χ0) is 21.8. The van der Waals surface area contributed by atoms with E-state index in [4.69, 9.17) is 11.6 Å². The van der Waals surface area contributed by atoms with Crippen molar-refractivity contribution in [2.45, 2.75) is 20.0 Å². The van der Waals surface area contributed by atoms with E-state index in [2.05, 4.69) is 15.7 Å². The highest BCUT2D eigenvalue weighted by Gasteiger charge is 2.17. The number of nitrogens with one attached hydrogen (secondary N) is 2. The van der Waals surface area contributed by atoms with Crippen molar-refractivity contribution in [1.82, 2.24) is 15.1 Å². The largest absolute Gasteiger partial charge is 0.347 e. The topological polar surface area (TPSA) is 76.0 Å². The third-order valence-electron chi connectivity index (χ3n) is 4.82. The Kier molecular flexibility index (Phi) is 6.00. The van der Waals surface area contributed by atoms with Crippen molar-refractivity contribution in [2.75, 3.05) is 5.32 Å². The van der Waals surface area contributed by atoms with E-state index in [0.717, 1.165) is 22.0 Å². The molecule has 3 aromatic carbocycles. The summed E-state index contributed by atoms with van der Waals surface area (Å²) in [6, 6.07) is 22.6. The van der Waals surface area contributed by atoms with Crippen LogP contribution >= 0.6 is 11.6 Å². The summed E-state index contributed by atoms with van der Waals surface area (Å²) in [5.74, 6) is -0.394. The van der Waals surface area contributed by atoms with Gasteiger partial charge < -0.3 is 10.6 Å². The predicted octanol–water partition coefficient (Wildman–Crippen LogP) is 4.63. The molecule has 0 bridgehead atoms. The number of hydrogen-bond acceptors (Lipinski definition) is 3. The molecule has 4 aromatic rings. The zero-order valence-electron chi connectivity index (χ0n) is 16.9. The van der Waals surface area contributed by atoms with E-state index < -0.39 is 0 Å². The Hall–Kier alpha value is -3.64. The van der Waals surface area contributed by atoms with Gasteiger partial charge in [0.25, 0.3) is 5.91 Å². The monoisotopic (exact) mass is 432 g/mol. The molecule has 0 fully saturated rings. The first kappa shape index (κ1) is 20.6. The molecule has 1 heterocycles. The van der Waals surface area contributed by atoms with Crippen molar-refractivity contribution in [3.63, 3.8) is 0 Å². The molecular weight excluding hydrogens is 412 g/mol. The second-order valence-corrected chi connectivity index (χ2v) is 7.65. The van der Waals surface area contributed by atoms with Crippen molar-refractivity contribution in [3.8, 4) is 0 Å². The SMILES string of the molecule is CC(=O)Nc1cccc(CNC(=O)c2nn(Cc3ccc(Cl)cc3)c3ccccc23)c1. The normalized spacial score (nSPS) is 10.8. The summed E-state index contributed by atoms with van der Waals surface area (Å²) in [5.41, 5.74) is 3.87. The van der Waals surface area contributed by atoms with Crippen molar-refractivity contribution < 1.29 is 9.59 Å². The van der Waals surface area contributed by atoms with E-state index in [1.807, 2.05) is 71.4 Å². The zero-order valence-corrected chi connectivity index (χ0v) is 17.7. The van der Waals surface area contributed by atoms with Gasteiger partial charge in [-0.2, -0.15) is 5.10 Å². The molecule has 156 valence electrons. The van der Waals surface area contributed by atoms with Crippen LogP contribution in [0.2, 0.25) is 5.02 Å². The molecule has 6 nitrogen and oxygen atoms in total. The van der Waals surface area contributed by atoms with Gasteiger partial charge in [0.2, 0.25) is 5.91 Å². The van der Waals surface area contributed by atoms with Gasteiger partial charge in [0.1, 0.15) is 0 Å². The minimum atomic E-state index is -0.254. The van der Waals surface area contributed by atoms with Crippen LogP contribution in [0.3, 0.4) is 0 Å². The van der Waals surface area contributed by atoms with Gasteiger partial charge in [0.15, 0.2) is 5.69 Å². The smallest absolute Gasteiger partial charge is 0.272 e. The van der Waals surface area contributed by atoms with E-state index in [1.54, 1.807) is 6.07 Å². The Morgan fingerprint density at radius 3 is 2.52 bits per heavy atom. The molecular formula is C24H21ClN4O2. The Balaban J connectivity index is 1.54. The lowest BCUT2D eigenvalue weighted by Crippen LogP contribution is -2.23. The number of nitrogens with zero attached hydrogens (tertiary/aromatic N) is 2. The lowest BCUT2D eigenvalue weighted by Gasteiger charge is -2.07. The molecule has 0 aliphatic carbocycles. The highest BCUT2D eigenvalue weighted by Crippen LogP contribution is 2.20. The summed E-state index contributed by atoms with van der Waals surface area (Å²) < 4.78 is 1.82. The third-order valence-corrected chi connectivity index (χ3v) is 5.07. The quantitative estimate of drug-likeness (QED) is 0.466. The van der Waals surface area contributed by atoms with Gasteiger partial charge in [0, 0.05) is 29.6 Å². The molecule has 7 heteroatoms. The van der Waals surface area contributed by atoms with E-state index in [9.17, 15) is 9.59 Å². The number of rotatable bonds is 6. The van der Waals surface area contributed by atoms with Crippen molar-refractivity contribution >= 4 is 40.0 Å². The molecule has 2 amide bonds. The standard InChI is InChI=1S/C24H21ClN4O2/c1-16(30)27-20-6-4-5-18(13-20)14-26-24(31)23-21-7-2-3-8-22(21)29(28-23)15-17-9-11-19(25)12-10-17/h2-13H,14-15H2,1H3,(H,26,31)(H,27,30). The van der Waals surface area contributed by atoms with Crippen molar-refractivity contribution in [2.24, 2.45) is 0 Å². The Labute approximate surface area is 184 Å². The average molecular weight is 433 g/mol. The Morgan fingerprint density at radius 1 is 0.968 bits per heavy atom. The Bertz CT molecular complexity index is 1250. The number of halogens is 1. The molecule has 1 aromatic heterocycles. The minimum Gasteiger partial charge on any atom is -0.347 e. The first-order valence-corrected chi connectivity index (χ1v) is 10.2. The second kappa shape index (κ2) is 9.02. The maximum atomic E-state index is 12.9. The molecule has 0 unspecified atom stereocenters. The van der Waals surface area contributed by atoms with Crippen LogP contribution in [0.5, 0.6) is 0 Å². The van der Waals surface area contributed by atoms with Gasteiger partial charge in [-0.3, -0.25) is 14.3 Å². The summed E-state index contributed by atoms with van der Waals surface area (Å²) in [4.78, 5) is 24.2. The molecule has 0 saturated heterocycles. The lowest BCUT2D eigenvalue weighted by molar-refractivity contribution is -0.114. The highest BCUT2D eigenvalue weighted by atomic mass is 35.5. The van der Waals surface area contributed by atoms with Crippen LogP contribution in [-0.2, 0) is 17.9 Å². The summed E-state index contributed by atoms with van der Waals surface area (Å²) >= 11 is 5.98. The predicted molar refractivity (Wildman–Crippen MR) is 122 cm³/mol. The fraction of sp³-hybridized carbons (Fsp3) is 0.125. The minimum absolute atomic E-state index is 0.140. The number of para-hydroxylation sites is 1. The summed E-state index contributed by atoms with van der Waals surface area (Å²) in [5, 5.41) is 11.7. The number of anilines is 1. The number of hydrogen-bond donors (Lipinski definition) is 2. The van der Waals surface area contributed by atoms with Crippen molar-refractivity contribution in [1.29, 1.82) is 0 Å². The Morgan fingerprint density at radius 2 is 1.74 bits per heavy atom. The highest BCUT2D eigenvalue weighted by molar-refractivity contribution is 6.30. The number of carbonyl (C=O) groups is 2. The molecule has 0 saturated carbocycles. The van der Waals surface area contributed by atoms with Crippen LogP contribution in [-0.4, -0.2) is 21.6 Å². The van der Waals surface area contributed by atoms with Crippen LogP contribution in [0.15, 0.2) is 72.8 Å². The van der Waals surface area contributed by atoms with Crippen LogP contribution in [0.1, 0.15) is 28.5 Å². The van der Waals surface area contributed by atoms with Crippen LogP contribution < -0.4 is 10.6 Å². The average Bonchev–Trinajstić information content (AvgIpc) is 3.12. The molecule has 0 spiro atoms. The van der Waals surface area contributed by atoms with Gasteiger partial charge in [-0.05, 0) is 41.5 Å². The number of carbonyl (C=O) groups excluding carboxylic acids is 2. The van der Waals surface area contributed by atoms with Gasteiger partial charge in [-0.15, -0.1) is 0 Å². The second-order valence-electron chi connectivity index (χ2n) is 7.21. The molecule has 0 aliphatic heterocycles. The first-order valence-electron chi connectivity index (χ1n) is 9.84. The van der Waals surface area contributed by atoms with Gasteiger partial charge in [-0.1, -0.05) is 54.1 Å². The fourth-order valence-corrected chi connectivity index (χ4v) is 3.53. The van der Waals surface area contributed by atoms with E-state index in [-0.39, 0.29) is 11.8 Å². The number of amides is 2. The van der Waals surface area contributed by atoms with Gasteiger partial charge in [-0.25, -0.2) is 0 Å². The van der Waals surface area contributed by atoms with E-state index in [0.29, 0.717) is 29.5 Å². The summed E-state index contributed by atoms with van der Waals surface area (Å²) in [6.07, 6.45) is 0. The first-order chi connectivity index (χ1) is 15.0. The molecule has 0 atom stereocenters. The maximum Gasteiger partial charge on any atom is 0.272 e. The van der Waals surface area contributed by atoms with Crippen LogP contribution in [0.4, 0.5) is 5.69 Å². The van der Waals surface area contributed by atoms with E-state index in [1.165, 1.54) is 6.92 Å². The number of fused-ring (bicyclic) bond motifs is 1. The van der Waals surface area contributed by atoms with Crippen LogP contribution in [0, 0.1) is 0 Å². The lowest BCUT2D eigenvalue weighted by atomic mass is 10.1. The number of aromatic nitrogens is 2. The molecule has 2 N–H and O–H groups in total. The molecule has 31 heavy (non-hydrogen) atoms. The van der Waals surface area contributed by atoms with Gasteiger partial charge in [0.05, 0.1) is 12.1 Å². The maximum absolute atomic E-state index is 12.9. The molecule has 4 rings (SSSR count). The summed E-state index contributed by atoms with van der Waals surface area (Å²) in [7, 11) is 0.